The van der Waals surface area contributed by atoms with Gasteiger partial charge in [0.2, 0.25) is 0 Å². The summed E-state index contributed by atoms with van der Waals surface area (Å²) in [6.45, 7) is 4.23. The number of aromatic nitrogens is 1. The first-order valence-corrected chi connectivity index (χ1v) is 6.31. The molecule has 0 spiro atoms. The maximum Gasteiger partial charge on any atom is 0.145 e. The minimum Gasteiger partial charge on any atom is -0.494 e. The third kappa shape index (κ3) is 2.10. The van der Waals surface area contributed by atoms with Crippen molar-refractivity contribution in [2.75, 3.05) is 19.5 Å². The van der Waals surface area contributed by atoms with E-state index in [1.165, 1.54) is 0 Å². The van der Waals surface area contributed by atoms with E-state index in [-0.39, 0.29) is 0 Å². The predicted molar refractivity (Wildman–Crippen MR) is 76.9 cm³/mol. The number of fused-ring (bicyclic) bond motifs is 1. The van der Waals surface area contributed by atoms with E-state index in [0.717, 1.165) is 28.0 Å². The molecule has 4 heteroatoms. The molecule has 0 saturated carbocycles. The number of halogens is 1. The number of rotatable bonds is 3. The highest BCUT2D eigenvalue weighted by Gasteiger charge is 2.14. The summed E-state index contributed by atoms with van der Waals surface area (Å²) in [4.78, 5) is 4.67. The molecule has 0 unspecified atom stereocenters. The van der Waals surface area contributed by atoms with Gasteiger partial charge in [0, 0.05) is 23.8 Å². The molecule has 1 aromatic heterocycles. The van der Waals surface area contributed by atoms with Gasteiger partial charge in [0.1, 0.15) is 11.3 Å². The molecule has 2 rings (SSSR count). The largest absolute Gasteiger partial charge is 0.494 e. The first-order valence-electron chi connectivity index (χ1n) is 5.93. The summed E-state index contributed by atoms with van der Waals surface area (Å²) in [7, 11) is 3.53. The fraction of sp³-hybridized carbons (Fsp3) is 0.357. The molecule has 18 heavy (non-hydrogen) atoms. The van der Waals surface area contributed by atoms with Crippen LogP contribution in [0.5, 0.6) is 5.75 Å². The molecule has 0 bridgehead atoms. The normalized spacial score (nSPS) is 11.0. The van der Waals surface area contributed by atoms with Crippen LogP contribution in [0.15, 0.2) is 18.2 Å². The van der Waals surface area contributed by atoms with Crippen molar-refractivity contribution in [1.82, 2.24) is 4.98 Å². The van der Waals surface area contributed by atoms with E-state index in [0.29, 0.717) is 10.9 Å². The molecule has 0 atom stereocenters. The molecule has 0 fully saturated rings. The van der Waals surface area contributed by atoms with Gasteiger partial charge < -0.3 is 10.1 Å². The zero-order valence-electron chi connectivity index (χ0n) is 11.0. The van der Waals surface area contributed by atoms with Gasteiger partial charge in [-0.3, -0.25) is 0 Å². The fourth-order valence-electron chi connectivity index (χ4n) is 1.95. The lowest BCUT2D eigenvalue weighted by Crippen LogP contribution is -2.00. The van der Waals surface area contributed by atoms with E-state index in [2.05, 4.69) is 24.1 Å². The number of pyridine rings is 1. The Labute approximate surface area is 112 Å². The Balaban J connectivity index is 2.86. The van der Waals surface area contributed by atoms with Crippen LogP contribution < -0.4 is 10.1 Å². The number of nitrogens with one attached hydrogen (secondary N) is 1. The molecule has 0 amide bonds. The number of hydrogen-bond donors (Lipinski definition) is 1. The molecular formula is C14H17ClN2O. The Bertz CT molecular complexity index is 582. The highest BCUT2D eigenvalue weighted by Crippen LogP contribution is 2.36. The van der Waals surface area contributed by atoms with Gasteiger partial charge in [-0.2, -0.15) is 0 Å². The summed E-state index contributed by atoms with van der Waals surface area (Å²) >= 11 is 6.27. The summed E-state index contributed by atoms with van der Waals surface area (Å²) in [6, 6.07) is 5.72. The summed E-state index contributed by atoms with van der Waals surface area (Å²) < 4.78 is 5.37. The summed E-state index contributed by atoms with van der Waals surface area (Å²) in [5.74, 6) is 1.10. The third-order valence-corrected chi connectivity index (χ3v) is 3.29. The second-order valence-electron chi connectivity index (χ2n) is 4.47. The second-order valence-corrected chi connectivity index (χ2v) is 4.88. The summed E-state index contributed by atoms with van der Waals surface area (Å²) in [5, 5.41) is 4.76. The molecule has 96 valence electrons. The van der Waals surface area contributed by atoms with Crippen LogP contribution in [-0.4, -0.2) is 19.1 Å². The Morgan fingerprint density at radius 1 is 1.33 bits per heavy atom. The Morgan fingerprint density at radius 2 is 2.06 bits per heavy atom. The SMILES string of the molecule is CNc1cc(C(C)C)nc2c(OC)ccc(Cl)c12. The number of anilines is 1. The maximum absolute atomic E-state index is 6.27. The molecule has 0 aliphatic carbocycles. The van der Waals surface area contributed by atoms with E-state index >= 15 is 0 Å². The lowest BCUT2D eigenvalue weighted by molar-refractivity contribution is 0.419. The molecule has 0 aliphatic rings. The highest BCUT2D eigenvalue weighted by molar-refractivity contribution is 6.36. The number of hydrogen-bond acceptors (Lipinski definition) is 3. The van der Waals surface area contributed by atoms with E-state index in [1.807, 2.05) is 25.2 Å². The minimum absolute atomic E-state index is 0.352. The van der Waals surface area contributed by atoms with Crippen LogP contribution in [0.2, 0.25) is 5.02 Å². The van der Waals surface area contributed by atoms with E-state index in [4.69, 9.17) is 16.3 Å². The monoisotopic (exact) mass is 264 g/mol. The minimum atomic E-state index is 0.352. The fourth-order valence-corrected chi connectivity index (χ4v) is 2.21. The standard InChI is InChI=1S/C14H17ClN2O/c1-8(2)10-7-11(16-3)13-9(15)5-6-12(18-4)14(13)17-10/h5-8H,1-4H3,(H,16,17). The van der Waals surface area contributed by atoms with Gasteiger partial charge in [0.25, 0.3) is 0 Å². The smallest absolute Gasteiger partial charge is 0.145 e. The van der Waals surface area contributed by atoms with Crippen LogP contribution in [-0.2, 0) is 0 Å². The van der Waals surface area contributed by atoms with Crippen molar-refractivity contribution in [3.8, 4) is 5.75 Å². The quantitative estimate of drug-likeness (QED) is 0.908. The lowest BCUT2D eigenvalue weighted by atomic mass is 10.1. The Morgan fingerprint density at radius 3 is 2.61 bits per heavy atom. The lowest BCUT2D eigenvalue weighted by Gasteiger charge is -2.14. The summed E-state index contributed by atoms with van der Waals surface area (Å²) in [6.07, 6.45) is 0. The van der Waals surface area contributed by atoms with Gasteiger partial charge in [-0.15, -0.1) is 0 Å². The van der Waals surface area contributed by atoms with Crippen molar-refractivity contribution in [3.05, 3.63) is 28.9 Å². The van der Waals surface area contributed by atoms with E-state index < -0.39 is 0 Å². The number of ether oxygens (including phenoxy) is 1. The van der Waals surface area contributed by atoms with Gasteiger partial charge in [-0.05, 0) is 24.1 Å². The maximum atomic E-state index is 6.27. The molecule has 2 aromatic rings. The molecule has 0 radical (unpaired) electrons. The Kier molecular flexibility index (Phi) is 3.62. The van der Waals surface area contributed by atoms with Crippen molar-refractivity contribution in [3.63, 3.8) is 0 Å². The molecule has 3 nitrogen and oxygen atoms in total. The van der Waals surface area contributed by atoms with E-state index in [1.54, 1.807) is 7.11 Å². The number of methoxy groups -OCH3 is 1. The third-order valence-electron chi connectivity index (χ3n) is 2.97. The van der Waals surface area contributed by atoms with Crippen LogP contribution in [0.25, 0.3) is 10.9 Å². The van der Waals surface area contributed by atoms with Crippen LogP contribution >= 0.6 is 11.6 Å². The Hall–Kier alpha value is -1.48. The topological polar surface area (TPSA) is 34.2 Å². The number of benzene rings is 1. The zero-order chi connectivity index (χ0) is 13.3. The van der Waals surface area contributed by atoms with Gasteiger partial charge in [0.05, 0.1) is 12.1 Å². The van der Waals surface area contributed by atoms with Crippen LogP contribution in [0.4, 0.5) is 5.69 Å². The van der Waals surface area contributed by atoms with Gasteiger partial charge >= 0.3 is 0 Å². The van der Waals surface area contributed by atoms with Gasteiger partial charge in [-0.1, -0.05) is 25.4 Å². The zero-order valence-corrected chi connectivity index (χ0v) is 11.8. The molecule has 0 aliphatic heterocycles. The predicted octanol–water partition coefficient (Wildman–Crippen LogP) is 4.06. The van der Waals surface area contributed by atoms with Crippen molar-refractivity contribution in [2.24, 2.45) is 0 Å². The van der Waals surface area contributed by atoms with Crippen molar-refractivity contribution < 1.29 is 4.74 Å². The van der Waals surface area contributed by atoms with Gasteiger partial charge in [0.15, 0.2) is 0 Å². The van der Waals surface area contributed by atoms with Crippen LogP contribution in [0.1, 0.15) is 25.5 Å². The van der Waals surface area contributed by atoms with Crippen molar-refractivity contribution in [2.45, 2.75) is 19.8 Å². The molecule has 1 aromatic carbocycles. The molecule has 0 saturated heterocycles. The van der Waals surface area contributed by atoms with Gasteiger partial charge in [-0.25, -0.2) is 4.98 Å². The van der Waals surface area contributed by atoms with E-state index in [9.17, 15) is 0 Å². The summed E-state index contributed by atoms with van der Waals surface area (Å²) in [5.41, 5.74) is 2.81. The molecule has 1 heterocycles. The van der Waals surface area contributed by atoms with Crippen LogP contribution in [0, 0.1) is 0 Å². The first kappa shape index (κ1) is 13.0. The highest BCUT2D eigenvalue weighted by atomic mass is 35.5. The van der Waals surface area contributed by atoms with Crippen molar-refractivity contribution >= 4 is 28.2 Å². The average Bonchev–Trinajstić information content (AvgIpc) is 2.37. The van der Waals surface area contributed by atoms with Crippen LogP contribution in [0.3, 0.4) is 0 Å². The average molecular weight is 265 g/mol. The molecular weight excluding hydrogens is 248 g/mol. The second kappa shape index (κ2) is 5.02. The van der Waals surface area contributed by atoms with Crippen molar-refractivity contribution in [1.29, 1.82) is 0 Å². The first-order chi connectivity index (χ1) is 8.58. The number of nitrogens with zero attached hydrogens (tertiary/aromatic N) is 1. The molecule has 1 N–H and O–H groups in total.